The second kappa shape index (κ2) is 8.12. The standard InChI is InChI=1S/C26H20BrClN2O3/c27-18-12-24-23(32-13-33-24)11-17(18)26-25-21(29-19-3-1-2-4-20(19)30-26)9-15(10-22(25)31)14-5-7-16(28)8-6-14/h1-8,11-12,15,26,29-30H,9-10,13H2/t15-,26+/m1/s1. The number of hydrogen-bond acceptors (Lipinski definition) is 5. The van der Waals surface area contributed by atoms with Gasteiger partial charge in [-0.25, -0.2) is 0 Å². The van der Waals surface area contributed by atoms with Crippen LogP contribution in [-0.2, 0) is 4.79 Å². The number of rotatable bonds is 2. The van der Waals surface area contributed by atoms with Gasteiger partial charge in [0.15, 0.2) is 17.3 Å². The van der Waals surface area contributed by atoms with Gasteiger partial charge in [0.1, 0.15) is 0 Å². The van der Waals surface area contributed by atoms with Crippen molar-refractivity contribution in [2.24, 2.45) is 0 Å². The fourth-order valence-corrected chi connectivity index (χ4v) is 5.53. The van der Waals surface area contributed by atoms with Crippen molar-refractivity contribution < 1.29 is 14.3 Å². The molecule has 166 valence electrons. The third kappa shape index (κ3) is 3.67. The minimum absolute atomic E-state index is 0.0899. The topological polar surface area (TPSA) is 59.6 Å². The molecule has 3 aliphatic rings. The van der Waals surface area contributed by atoms with E-state index in [-0.39, 0.29) is 24.5 Å². The van der Waals surface area contributed by atoms with Crippen molar-refractivity contribution in [3.05, 3.63) is 92.6 Å². The minimum Gasteiger partial charge on any atom is -0.454 e. The van der Waals surface area contributed by atoms with E-state index in [1.165, 1.54) is 0 Å². The van der Waals surface area contributed by atoms with Gasteiger partial charge in [0.05, 0.1) is 17.4 Å². The van der Waals surface area contributed by atoms with E-state index in [1.54, 1.807) is 0 Å². The molecule has 0 spiro atoms. The van der Waals surface area contributed by atoms with Gasteiger partial charge in [0.25, 0.3) is 0 Å². The molecule has 0 bridgehead atoms. The van der Waals surface area contributed by atoms with Crippen molar-refractivity contribution in [2.75, 3.05) is 17.4 Å². The number of allylic oxidation sites excluding steroid dienone is 1. The molecule has 0 fully saturated rings. The average molecular weight is 524 g/mol. The summed E-state index contributed by atoms with van der Waals surface area (Å²) in [5.74, 6) is 1.60. The van der Waals surface area contributed by atoms with Crippen LogP contribution in [0.4, 0.5) is 11.4 Å². The average Bonchev–Trinajstić information content (AvgIpc) is 3.18. The van der Waals surface area contributed by atoms with Crippen molar-refractivity contribution in [2.45, 2.75) is 24.8 Å². The quantitative estimate of drug-likeness (QED) is 0.386. The van der Waals surface area contributed by atoms with E-state index in [1.807, 2.05) is 60.7 Å². The Bertz CT molecular complexity index is 1310. The molecule has 2 N–H and O–H groups in total. The molecule has 1 aliphatic carbocycles. The van der Waals surface area contributed by atoms with E-state index >= 15 is 0 Å². The molecular formula is C26H20BrClN2O3. The van der Waals surface area contributed by atoms with Gasteiger partial charge >= 0.3 is 0 Å². The van der Waals surface area contributed by atoms with E-state index in [0.29, 0.717) is 22.9 Å². The molecule has 0 aromatic heterocycles. The summed E-state index contributed by atoms with van der Waals surface area (Å²) in [6.45, 7) is 0.198. The summed E-state index contributed by atoms with van der Waals surface area (Å²) in [5.41, 5.74) is 5.65. The number of benzene rings is 3. The molecule has 33 heavy (non-hydrogen) atoms. The number of halogens is 2. The van der Waals surface area contributed by atoms with Crippen LogP contribution in [-0.4, -0.2) is 12.6 Å². The maximum absolute atomic E-state index is 13.7. The second-order valence-electron chi connectivity index (χ2n) is 8.45. The Morgan fingerprint density at radius 1 is 0.939 bits per heavy atom. The van der Waals surface area contributed by atoms with E-state index in [4.69, 9.17) is 21.1 Å². The van der Waals surface area contributed by atoms with Crippen LogP contribution in [0.5, 0.6) is 11.5 Å². The van der Waals surface area contributed by atoms with Crippen molar-refractivity contribution in [3.63, 3.8) is 0 Å². The molecule has 2 atom stereocenters. The largest absolute Gasteiger partial charge is 0.454 e. The zero-order valence-electron chi connectivity index (χ0n) is 17.5. The molecule has 7 heteroatoms. The van der Waals surface area contributed by atoms with E-state index in [2.05, 4.69) is 26.6 Å². The number of anilines is 2. The molecule has 5 nitrogen and oxygen atoms in total. The lowest BCUT2D eigenvalue weighted by Crippen LogP contribution is -2.27. The summed E-state index contributed by atoms with van der Waals surface area (Å²) in [6.07, 6.45) is 1.18. The number of ether oxygens (including phenoxy) is 2. The summed E-state index contributed by atoms with van der Waals surface area (Å²) < 4.78 is 12.0. The van der Waals surface area contributed by atoms with Crippen molar-refractivity contribution in [3.8, 4) is 11.5 Å². The lowest BCUT2D eigenvalue weighted by molar-refractivity contribution is -0.116. The highest BCUT2D eigenvalue weighted by molar-refractivity contribution is 9.10. The second-order valence-corrected chi connectivity index (χ2v) is 9.74. The van der Waals surface area contributed by atoms with Crippen LogP contribution in [0.15, 0.2) is 76.4 Å². The summed E-state index contributed by atoms with van der Waals surface area (Å²) in [7, 11) is 0. The van der Waals surface area contributed by atoms with Crippen LogP contribution in [0, 0.1) is 0 Å². The Morgan fingerprint density at radius 2 is 1.67 bits per heavy atom. The van der Waals surface area contributed by atoms with Crippen molar-refractivity contribution >= 4 is 44.7 Å². The van der Waals surface area contributed by atoms with Gasteiger partial charge in [-0.15, -0.1) is 0 Å². The van der Waals surface area contributed by atoms with Gasteiger partial charge in [0, 0.05) is 27.2 Å². The molecule has 3 aromatic carbocycles. The van der Waals surface area contributed by atoms with Crippen LogP contribution in [0.25, 0.3) is 0 Å². The van der Waals surface area contributed by atoms with Crippen LogP contribution >= 0.6 is 27.5 Å². The SMILES string of the molecule is O=C1C[C@H](c2ccc(Cl)cc2)CC2=C1[C@H](c1cc3c(cc1Br)OCO3)Nc1ccccc1N2. The first-order valence-corrected chi connectivity index (χ1v) is 12.0. The van der Waals surface area contributed by atoms with Crippen molar-refractivity contribution in [1.82, 2.24) is 0 Å². The Kier molecular flexibility index (Phi) is 5.07. The maximum Gasteiger partial charge on any atom is 0.231 e. The lowest BCUT2D eigenvalue weighted by Gasteiger charge is -2.30. The van der Waals surface area contributed by atoms with Crippen LogP contribution < -0.4 is 20.1 Å². The van der Waals surface area contributed by atoms with Gasteiger partial charge in [-0.1, -0.05) is 51.8 Å². The Hall–Kier alpha value is -2.96. The molecule has 0 saturated heterocycles. The number of carbonyl (C=O) groups excluding carboxylic acids is 1. The first-order chi connectivity index (χ1) is 16.1. The molecule has 0 amide bonds. The highest BCUT2D eigenvalue weighted by Gasteiger charge is 2.37. The number of hydrogen-bond donors (Lipinski definition) is 2. The van der Waals surface area contributed by atoms with E-state index < -0.39 is 0 Å². The first kappa shape index (κ1) is 20.6. The van der Waals surface area contributed by atoms with Gasteiger partial charge in [0.2, 0.25) is 6.79 Å². The highest BCUT2D eigenvalue weighted by Crippen LogP contribution is 2.47. The number of fused-ring (bicyclic) bond motifs is 2. The Labute approximate surface area is 204 Å². The molecule has 2 heterocycles. The predicted molar refractivity (Wildman–Crippen MR) is 132 cm³/mol. The molecule has 0 saturated carbocycles. The van der Waals surface area contributed by atoms with E-state index in [0.717, 1.165) is 44.7 Å². The number of ketones is 1. The molecule has 3 aromatic rings. The smallest absolute Gasteiger partial charge is 0.231 e. The van der Waals surface area contributed by atoms with Crippen LogP contribution in [0.2, 0.25) is 5.02 Å². The third-order valence-electron chi connectivity index (χ3n) is 6.45. The maximum atomic E-state index is 13.7. The van der Waals surface area contributed by atoms with Crippen LogP contribution in [0.1, 0.15) is 35.9 Å². The molecule has 0 unspecified atom stereocenters. The van der Waals surface area contributed by atoms with Crippen LogP contribution in [0.3, 0.4) is 0 Å². The summed E-state index contributed by atoms with van der Waals surface area (Å²) in [6, 6.07) is 19.4. The predicted octanol–water partition coefficient (Wildman–Crippen LogP) is 6.81. The summed E-state index contributed by atoms with van der Waals surface area (Å²) in [4.78, 5) is 13.7. The zero-order chi connectivity index (χ0) is 22.5. The third-order valence-corrected chi connectivity index (χ3v) is 7.39. The number of carbonyl (C=O) groups is 1. The number of Topliss-reactive ketones (excluding diaryl/α,β-unsaturated/α-hetero) is 1. The minimum atomic E-state index is -0.335. The van der Waals surface area contributed by atoms with Gasteiger partial charge < -0.3 is 20.1 Å². The van der Waals surface area contributed by atoms with Gasteiger partial charge in [-0.05, 0) is 59.9 Å². The fourth-order valence-electron chi connectivity index (χ4n) is 4.85. The molecule has 2 aliphatic heterocycles. The fraction of sp³-hybridized carbons (Fsp3) is 0.192. The first-order valence-electron chi connectivity index (χ1n) is 10.8. The Morgan fingerprint density at radius 3 is 2.45 bits per heavy atom. The van der Waals surface area contributed by atoms with Crippen molar-refractivity contribution in [1.29, 1.82) is 0 Å². The lowest BCUT2D eigenvalue weighted by atomic mass is 9.78. The summed E-state index contributed by atoms with van der Waals surface area (Å²) >= 11 is 9.79. The monoisotopic (exact) mass is 522 g/mol. The normalized spacial score (nSPS) is 21.0. The Balaban J connectivity index is 1.47. The zero-order valence-corrected chi connectivity index (χ0v) is 19.9. The molecular weight excluding hydrogens is 504 g/mol. The van der Waals surface area contributed by atoms with Gasteiger partial charge in [-0.2, -0.15) is 0 Å². The van der Waals surface area contributed by atoms with E-state index in [9.17, 15) is 4.79 Å². The molecule has 0 radical (unpaired) electrons. The van der Waals surface area contributed by atoms with Gasteiger partial charge in [-0.3, -0.25) is 4.79 Å². The summed E-state index contributed by atoms with van der Waals surface area (Å²) in [5, 5.41) is 7.88. The number of nitrogens with one attached hydrogen (secondary N) is 2. The number of para-hydroxylation sites is 2. The highest BCUT2D eigenvalue weighted by atomic mass is 79.9. The molecule has 6 rings (SSSR count).